The van der Waals surface area contributed by atoms with Gasteiger partial charge >= 0.3 is 24.1 Å². The van der Waals surface area contributed by atoms with Crippen molar-refractivity contribution in [2.45, 2.75) is 181 Å². The van der Waals surface area contributed by atoms with Crippen molar-refractivity contribution in [1.29, 1.82) is 0 Å². The average Bonchev–Trinajstić information content (AvgIpc) is 0.724. The Balaban J connectivity index is 0.620. The molecule has 4 saturated carbocycles. The van der Waals surface area contributed by atoms with E-state index in [0.717, 1.165) is 70.5 Å². The predicted molar refractivity (Wildman–Crippen MR) is 406 cm³/mol. The highest BCUT2D eigenvalue weighted by atomic mass is 32.1. The van der Waals surface area contributed by atoms with Crippen molar-refractivity contribution in [2.24, 2.45) is 33.8 Å². The molecule has 8 N–H and O–H groups in total. The number of anilines is 3. The molecule has 8 amide bonds. The molecule has 3 aromatic carbocycles. The molecule has 6 heterocycles. The van der Waals surface area contributed by atoms with E-state index < -0.39 is 47.5 Å². The maximum atomic E-state index is 13.9. The number of aromatic carboxylic acids is 1. The summed E-state index contributed by atoms with van der Waals surface area (Å²) in [5.74, 6) is -4.74. The molecule has 4 atom stereocenters. The lowest BCUT2D eigenvalue weighted by Crippen LogP contribution is -2.64. The molecule has 2 unspecified atom stereocenters. The molecule has 6 aromatic rings. The van der Waals surface area contributed by atoms with Crippen LogP contribution in [0.4, 0.5) is 26.2 Å². The molecule has 0 radical (unpaired) electrons. The van der Waals surface area contributed by atoms with Gasteiger partial charge < -0.3 is 51.2 Å². The van der Waals surface area contributed by atoms with Crippen molar-refractivity contribution in [3.63, 3.8) is 0 Å². The number of carbonyl (C=O) groups is 10. The Morgan fingerprint density at radius 3 is 2.23 bits per heavy atom. The number of unbranched alkanes of at least 4 members (excludes halogenated alkanes) is 2. The summed E-state index contributed by atoms with van der Waals surface area (Å²) in [7, 11) is 0. The van der Waals surface area contributed by atoms with Gasteiger partial charge in [-0.2, -0.15) is 5.10 Å². The molecule has 3 aliphatic heterocycles. The van der Waals surface area contributed by atoms with E-state index in [4.69, 9.17) is 25.3 Å². The van der Waals surface area contributed by atoms with Gasteiger partial charge in [-0.1, -0.05) is 81.9 Å². The number of likely N-dealkylation sites (tertiary alicyclic amines) is 1. The molecule has 13 rings (SSSR count). The van der Waals surface area contributed by atoms with Crippen LogP contribution in [0.25, 0.3) is 21.3 Å². The molecule has 28 heteroatoms. The summed E-state index contributed by atoms with van der Waals surface area (Å²) in [6, 6.07) is 22.4. The first-order chi connectivity index (χ1) is 51.6. The van der Waals surface area contributed by atoms with Gasteiger partial charge in [-0.25, -0.2) is 24.4 Å². The van der Waals surface area contributed by atoms with E-state index in [9.17, 15) is 58.2 Å². The lowest BCUT2D eigenvalue weighted by molar-refractivity contribution is -0.249. The van der Waals surface area contributed by atoms with E-state index in [-0.39, 0.29) is 109 Å². The van der Waals surface area contributed by atoms with E-state index in [1.807, 2.05) is 71.1 Å². The number of fused-ring (bicyclic) bond motifs is 2. The number of hydrogen-bond acceptors (Lipinski definition) is 18. The number of rotatable bonds is 34. The first kappa shape index (κ1) is 77.7. The number of carboxylic acids is 2. The molecule has 5 fully saturated rings. The lowest BCUT2D eigenvalue weighted by atomic mass is 9.39. The normalized spacial score (nSPS) is 21.5. The van der Waals surface area contributed by atoms with Crippen LogP contribution in [0, 0.1) is 35.0 Å². The van der Waals surface area contributed by atoms with Gasteiger partial charge in [0.15, 0.2) is 16.6 Å². The predicted octanol–water partition coefficient (Wildman–Crippen LogP) is 10.7. The zero-order chi connectivity index (χ0) is 76.7. The molecule has 4 bridgehead atoms. The second kappa shape index (κ2) is 33.3. The number of piperidine rings is 1. The molecule has 4 aliphatic carbocycles. The molecule has 574 valence electrons. The van der Waals surface area contributed by atoms with Crippen molar-refractivity contribution >= 4 is 97.6 Å². The smallest absolute Gasteiger partial charge is 0.410 e. The van der Waals surface area contributed by atoms with E-state index in [2.05, 4.69) is 45.0 Å². The fourth-order valence-corrected chi connectivity index (χ4v) is 19.5. The summed E-state index contributed by atoms with van der Waals surface area (Å²) in [4.78, 5) is 145. The number of amides is 8. The number of ether oxygens (including phenoxy) is 2. The molecule has 7 aliphatic rings. The SMILES string of the molecule is Cc1c(-c2ccc(N3CCc4cccc(C(=O)Nc5nc6ccccc6s5)c4C3)nc2C(=O)O)cnn1CC12CC3(C)CC(C)(C1)CC(OCCN(CCC(=O)O)C1CCN(C(=O)OCc4ccc(NC(=O)[C@H](CCCNC(N)=O)CC(=O)[C@@H](NC(=O)CCCCCN5C(=O)C=CC5=O)C(C)C)cc4)CC1)(C3)C2. The van der Waals surface area contributed by atoms with E-state index in [1.165, 1.54) is 23.5 Å². The van der Waals surface area contributed by atoms with Crippen LogP contribution in [-0.2, 0) is 64.4 Å². The number of urea groups is 1. The number of imide groups is 1. The number of carboxylic acid groups (broad SMARTS) is 2. The summed E-state index contributed by atoms with van der Waals surface area (Å²) in [6.45, 7) is 14.4. The minimum Gasteiger partial charge on any atom is -0.481 e. The molecule has 1 saturated heterocycles. The topological polar surface area (TPSA) is 360 Å². The minimum atomic E-state index is -1.16. The number of primary amides is 1. The minimum absolute atomic E-state index is 0.00284. The summed E-state index contributed by atoms with van der Waals surface area (Å²) in [6.07, 6.45) is 13.4. The van der Waals surface area contributed by atoms with E-state index in [1.54, 1.807) is 49.2 Å². The van der Waals surface area contributed by atoms with Gasteiger partial charge in [0.1, 0.15) is 12.4 Å². The zero-order valence-corrected chi connectivity index (χ0v) is 63.0. The second-order valence-electron chi connectivity index (χ2n) is 31.6. The number of carbonyl (C=O) groups excluding carboxylic acids is 8. The average molecular weight is 1500 g/mol. The molecular weight excluding hydrogens is 1400 g/mol. The first-order valence-electron chi connectivity index (χ1n) is 37.7. The first-order valence-corrected chi connectivity index (χ1v) is 38.6. The van der Waals surface area contributed by atoms with Crippen LogP contribution in [0.2, 0.25) is 0 Å². The van der Waals surface area contributed by atoms with Crippen molar-refractivity contribution < 1.29 is 67.6 Å². The number of Topliss-reactive ketones (excluding diaryl/α,β-unsaturated/α-hetero) is 1. The molecule has 0 spiro atoms. The Bertz CT molecular complexity index is 4360. The number of hydrogen-bond donors (Lipinski definition) is 7. The lowest BCUT2D eigenvalue weighted by Gasteiger charge is -2.69. The summed E-state index contributed by atoms with van der Waals surface area (Å²) in [5, 5.41) is 37.5. The maximum absolute atomic E-state index is 13.9. The van der Waals surface area contributed by atoms with Crippen LogP contribution < -0.4 is 31.9 Å². The number of aliphatic carboxylic acids is 1. The fraction of sp³-hybridized carbons (Fsp3) is 0.512. The molecule has 108 heavy (non-hydrogen) atoms. The number of para-hydroxylation sites is 1. The summed E-state index contributed by atoms with van der Waals surface area (Å²) >= 11 is 1.41. The third kappa shape index (κ3) is 18.6. The third-order valence-corrected chi connectivity index (χ3v) is 23.5. The van der Waals surface area contributed by atoms with Crippen LogP contribution in [-0.4, -0.2) is 174 Å². The third-order valence-electron chi connectivity index (χ3n) is 22.6. The van der Waals surface area contributed by atoms with E-state index in [0.29, 0.717) is 136 Å². The van der Waals surface area contributed by atoms with Crippen LogP contribution in [0.15, 0.2) is 97.2 Å². The number of benzene rings is 3. The van der Waals surface area contributed by atoms with Crippen molar-refractivity contribution in [3.8, 4) is 11.1 Å². The monoisotopic (exact) mass is 1500 g/mol. The number of nitrogens with zero attached hydrogens (tertiary/aromatic N) is 8. The molecular formula is C80H99N13O14S. The highest BCUT2D eigenvalue weighted by molar-refractivity contribution is 7.22. The van der Waals surface area contributed by atoms with Gasteiger partial charge in [0.2, 0.25) is 11.8 Å². The van der Waals surface area contributed by atoms with Gasteiger partial charge in [-0.05, 0) is 172 Å². The Labute approximate surface area is 632 Å². The quantitative estimate of drug-likeness (QED) is 0.0146. The number of thiazole rings is 1. The van der Waals surface area contributed by atoms with Crippen LogP contribution in [0.3, 0.4) is 0 Å². The number of nitrogens with one attached hydrogen (secondary N) is 4. The van der Waals surface area contributed by atoms with Crippen LogP contribution >= 0.6 is 11.3 Å². The van der Waals surface area contributed by atoms with Gasteiger partial charge in [0, 0.05) is 124 Å². The molecule has 27 nitrogen and oxygen atoms in total. The van der Waals surface area contributed by atoms with Crippen molar-refractivity contribution in [3.05, 3.63) is 131 Å². The maximum Gasteiger partial charge on any atom is 0.410 e. The van der Waals surface area contributed by atoms with Gasteiger partial charge in [0.05, 0.1) is 41.1 Å². The number of pyridine rings is 1. The Morgan fingerprint density at radius 1 is 0.787 bits per heavy atom. The van der Waals surface area contributed by atoms with Crippen LogP contribution in [0.1, 0.15) is 174 Å². The molecule has 3 aromatic heterocycles. The largest absolute Gasteiger partial charge is 0.481 e. The number of aromatic nitrogens is 4. The highest BCUT2D eigenvalue weighted by Crippen LogP contribution is 2.72. The standard InChI is InChI=1S/C80H99N13O14S/c1-50(2)69(87-65(95)18-7-6-10-32-92-66(96)25-26-67(92)97)62(94)39-54(14-12-31-82-74(81)104)71(100)84-55-21-19-52(20-22-55)42-106-76(105)90-34-28-56(29-35-90)89(36-30-68(98)99)37-38-107-80-46-77(4)43-78(5,47-80)45-79(44-77,48-80)49-93-51(3)59(40-83-93)57-23-24-64(86-70(57)73(102)103)91-33-27-53-13-11-15-58(60(53)41-91)72(101)88-75-85-61-16-8-9-17-63(61)108-75/h8-9,11,13,15-17,19-26,40,50,54,56,69H,6-7,10,12,14,18,27-39,41-49H2,1-5H3,(H,84,100)(H,87,95)(H,98,99)(H,102,103)(H3,81,82,104)(H,85,88,101)/t54-,69+,77?,78?,79?,80?/m1/s1. The Kier molecular flexibility index (Phi) is 23.9. The van der Waals surface area contributed by atoms with Gasteiger partial charge in [-0.15, -0.1) is 0 Å². The van der Waals surface area contributed by atoms with Gasteiger partial charge in [0.25, 0.3) is 17.7 Å². The second-order valence-corrected chi connectivity index (χ2v) is 32.7. The summed E-state index contributed by atoms with van der Waals surface area (Å²) in [5.41, 5.74) is 11.0. The number of ketones is 1. The fourth-order valence-electron chi connectivity index (χ4n) is 18.6. The highest BCUT2D eigenvalue weighted by Gasteiger charge is 2.66. The van der Waals surface area contributed by atoms with Crippen molar-refractivity contribution in [2.75, 3.05) is 68.0 Å². The number of nitrogens with two attached hydrogens (primary N) is 1. The van der Waals surface area contributed by atoms with Crippen molar-refractivity contribution in [1.82, 2.24) is 45.1 Å². The van der Waals surface area contributed by atoms with Gasteiger partial charge in [-0.3, -0.25) is 53.4 Å². The zero-order valence-electron chi connectivity index (χ0n) is 62.2. The summed E-state index contributed by atoms with van der Waals surface area (Å²) < 4.78 is 16.0. The Morgan fingerprint density at radius 2 is 1.53 bits per heavy atom. The Hall–Kier alpha value is -9.93. The van der Waals surface area contributed by atoms with E-state index >= 15 is 0 Å². The van der Waals surface area contributed by atoms with Crippen LogP contribution in [0.5, 0.6) is 0 Å².